The zero-order valence-corrected chi connectivity index (χ0v) is 12.5. The largest absolute Gasteiger partial charge is 0.508 e. The summed E-state index contributed by atoms with van der Waals surface area (Å²) < 4.78 is 0. The van der Waals surface area contributed by atoms with Gasteiger partial charge in [-0.25, -0.2) is 0 Å². The molecule has 2 nitrogen and oxygen atoms in total. The van der Waals surface area contributed by atoms with Crippen molar-refractivity contribution in [2.24, 2.45) is 5.41 Å². The second kappa shape index (κ2) is 5.31. The SMILES string of the molecule is CC(NC(C)(C)CC(C)(C)C)c1ccc(O)cc1. The van der Waals surface area contributed by atoms with Crippen molar-refractivity contribution in [3.63, 3.8) is 0 Å². The standard InChI is InChI=1S/C16H27NO/c1-12(13-7-9-14(18)10-8-13)17-16(5,6)11-15(2,3)4/h7-10,12,17-18H,11H2,1-6H3. The maximum absolute atomic E-state index is 9.30. The second-order valence-electron chi connectivity index (χ2n) is 7.08. The number of hydrogen-bond acceptors (Lipinski definition) is 2. The number of phenols is 1. The Hall–Kier alpha value is -1.02. The summed E-state index contributed by atoms with van der Waals surface area (Å²) in [6.45, 7) is 13.5. The lowest BCUT2D eigenvalue weighted by Gasteiger charge is -2.36. The van der Waals surface area contributed by atoms with Crippen molar-refractivity contribution in [2.75, 3.05) is 0 Å². The number of phenolic OH excluding ortho intramolecular Hbond substituents is 1. The van der Waals surface area contributed by atoms with Crippen molar-refractivity contribution in [3.05, 3.63) is 29.8 Å². The first-order chi connectivity index (χ1) is 8.09. The smallest absolute Gasteiger partial charge is 0.115 e. The lowest BCUT2D eigenvalue weighted by Crippen LogP contribution is -2.43. The molecule has 2 heteroatoms. The van der Waals surface area contributed by atoms with Gasteiger partial charge in [-0.15, -0.1) is 0 Å². The molecule has 0 bridgehead atoms. The normalized spacial score (nSPS) is 14.6. The van der Waals surface area contributed by atoms with Crippen LogP contribution in [0.4, 0.5) is 0 Å². The summed E-state index contributed by atoms with van der Waals surface area (Å²) in [6, 6.07) is 7.71. The number of rotatable bonds is 4. The summed E-state index contributed by atoms with van der Waals surface area (Å²) >= 11 is 0. The zero-order chi connectivity index (χ0) is 14.0. The molecule has 1 atom stereocenters. The topological polar surface area (TPSA) is 32.3 Å². The Bertz CT molecular complexity index is 373. The van der Waals surface area contributed by atoms with Gasteiger partial charge in [0.15, 0.2) is 0 Å². The van der Waals surface area contributed by atoms with Crippen LogP contribution in [0.5, 0.6) is 5.75 Å². The van der Waals surface area contributed by atoms with Gasteiger partial charge in [0.25, 0.3) is 0 Å². The Kier molecular flexibility index (Phi) is 4.44. The van der Waals surface area contributed by atoms with Crippen molar-refractivity contribution < 1.29 is 5.11 Å². The van der Waals surface area contributed by atoms with Crippen molar-refractivity contribution in [1.82, 2.24) is 5.32 Å². The fourth-order valence-electron chi connectivity index (χ4n) is 2.81. The molecule has 0 aliphatic carbocycles. The number of hydrogen-bond donors (Lipinski definition) is 2. The molecule has 2 N–H and O–H groups in total. The van der Waals surface area contributed by atoms with E-state index in [9.17, 15) is 5.11 Å². The highest BCUT2D eigenvalue weighted by atomic mass is 16.3. The molecule has 1 aromatic carbocycles. The van der Waals surface area contributed by atoms with Gasteiger partial charge in [0, 0.05) is 11.6 Å². The number of benzene rings is 1. The van der Waals surface area contributed by atoms with Crippen LogP contribution in [0, 0.1) is 5.41 Å². The van der Waals surface area contributed by atoms with Crippen molar-refractivity contribution in [3.8, 4) is 5.75 Å². The zero-order valence-electron chi connectivity index (χ0n) is 12.5. The molecule has 1 unspecified atom stereocenters. The molecule has 0 spiro atoms. The third-order valence-electron chi connectivity index (χ3n) is 2.97. The molecule has 0 heterocycles. The van der Waals surface area contributed by atoms with Gasteiger partial charge in [-0.05, 0) is 50.3 Å². The van der Waals surface area contributed by atoms with E-state index >= 15 is 0 Å². The molecule has 102 valence electrons. The van der Waals surface area contributed by atoms with Crippen LogP contribution < -0.4 is 5.32 Å². The Labute approximate surface area is 111 Å². The van der Waals surface area contributed by atoms with E-state index in [0.29, 0.717) is 11.2 Å². The van der Waals surface area contributed by atoms with E-state index in [4.69, 9.17) is 0 Å². The lowest BCUT2D eigenvalue weighted by molar-refractivity contribution is 0.227. The van der Waals surface area contributed by atoms with Crippen LogP contribution in [-0.4, -0.2) is 10.6 Å². The lowest BCUT2D eigenvalue weighted by atomic mass is 9.81. The molecule has 0 saturated heterocycles. The van der Waals surface area contributed by atoms with Gasteiger partial charge >= 0.3 is 0 Å². The summed E-state index contributed by atoms with van der Waals surface area (Å²) in [4.78, 5) is 0. The third kappa shape index (κ3) is 5.09. The molecular formula is C16H27NO. The van der Waals surface area contributed by atoms with Gasteiger partial charge in [0.05, 0.1) is 0 Å². The summed E-state index contributed by atoms with van der Waals surface area (Å²) in [5.41, 5.74) is 1.61. The molecule has 0 fully saturated rings. The van der Waals surface area contributed by atoms with Crippen molar-refractivity contribution in [1.29, 1.82) is 0 Å². The van der Waals surface area contributed by atoms with Crippen LogP contribution in [0.25, 0.3) is 0 Å². The van der Waals surface area contributed by atoms with Crippen molar-refractivity contribution in [2.45, 2.75) is 59.5 Å². The van der Waals surface area contributed by atoms with Crippen LogP contribution in [0.2, 0.25) is 0 Å². The highest BCUT2D eigenvalue weighted by Gasteiger charge is 2.26. The molecule has 0 amide bonds. The summed E-state index contributed by atoms with van der Waals surface area (Å²) in [5, 5.41) is 13.0. The average molecular weight is 249 g/mol. The van der Waals surface area contributed by atoms with Gasteiger partial charge in [-0.2, -0.15) is 0 Å². The first-order valence-electron chi connectivity index (χ1n) is 6.66. The van der Waals surface area contributed by atoms with Crippen LogP contribution in [-0.2, 0) is 0 Å². The van der Waals surface area contributed by atoms with Crippen molar-refractivity contribution >= 4 is 0 Å². The van der Waals surface area contributed by atoms with E-state index in [1.807, 2.05) is 12.1 Å². The Balaban J connectivity index is 2.69. The quantitative estimate of drug-likeness (QED) is 0.835. The van der Waals surface area contributed by atoms with Gasteiger partial charge in [-0.3, -0.25) is 0 Å². The molecule has 0 radical (unpaired) electrons. The number of nitrogens with one attached hydrogen (secondary N) is 1. The van der Waals surface area contributed by atoms with Crippen LogP contribution in [0.15, 0.2) is 24.3 Å². The highest BCUT2D eigenvalue weighted by Crippen LogP contribution is 2.29. The Morgan fingerprint density at radius 3 is 2.00 bits per heavy atom. The minimum Gasteiger partial charge on any atom is -0.508 e. The fraction of sp³-hybridized carbons (Fsp3) is 0.625. The molecule has 18 heavy (non-hydrogen) atoms. The maximum Gasteiger partial charge on any atom is 0.115 e. The minimum absolute atomic E-state index is 0.0928. The Morgan fingerprint density at radius 2 is 1.56 bits per heavy atom. The minimum atomic E-state index is 0.0928. The molecule has 1 rings (SSSR count). The third-order valence-corrected chi connectivity index (χ3v) is 2.97. The number of aromatic hydroxyl groups is 1. The predicted molar refractivity (Wildman–Crippen MR) is 77.8 cm³/mol. The molecule has 0 aromatic heterocycles. The monoisotopic (exact) mass is 249 g/mol. The highest BCUT2D eigenvalue weighted by molar-refractivity contribution is 5.27. The predicted octanol–water partition coefficient (Wildman–Crippen LogP) is 4.26. The van der Waals surface area contributed by atoms with E-state index in [-0.39, 0.29) is 11.6 Å². The van der Waals surface area contributed by atoms with E-state index in [2.05, 4.69) is 46.9 Å². The molecule has 0 aliphatic heterocycles. The van der Waals surface area contributed by atoms with Crippen LogP contribution >= 0.6 is 0 Å². The molecule has 1 aromatic rings. The first kappa shape index (κ1) is 15.0. The molecule has 0 saturated carbocycles. The summed E-state index contributed by atoms with van der Waals surface area (Å²) in [7, 11) is 0. The average Bonchev–Trinajstić information content (AvgIpc) is 2.13. The van der Waals surface area contributed by atoms with E-state index in [1.165, 1.54) is 5.56 Å². The van der Waals surface area contributed by atoms with E-state index in [1.54, 1.807) is 12.1 Å². The Morgan fingerprint density at radius 1 is 1.06 bits per heavy atom. The fourth-order valence-corrected chi connectivity index (χ4v) is 2.81. The van der Waals surface area contributed by atoms with Gasteiger partial charge < -0.3 is 10.4 Å². The van der Waals surface area contributed by atoms with E-state index in [0.717, 1.165) is 6.42 Å². The summed E-state index contributed by atoms with van der Waals surface area (Å²) in [5.74, 6) is 0.319. The second-order valence-corrected chi connectivity index (χ2v) is 7.08. The van der Waals surface area contributed by atoms with Gasteiger partial charge in [0.1, 0.15) is 5.75 Å². The maximum atomic E-state index is 9.30. The van der Waals surface area contributed by atoms with E-state index < -0.39 is 0 Å². The van der Waals surface area contributed by atoms with Crippen LogP contribution in [0.1, 0.15) is 59.6 Å². The molecular weight excluding hydrogens is 222 g/mol. The van der Waals surface area contributed by atoms with Gasteiger partial charge in [0.2, 0.25) is 0 Å². The molecule has 0 aliphatic rings. The van der Waals surface area contributed by atoms with Crippen LogP contribution in [0.3, 0.4) is 0 Å². The first-order valence-corrected chi connectivity index (χ1v) is 6.66. The summed E-state index contributed by atoms with van der Waals surface area (Å²) in [6.07, 6.45) is 1.11. The van der Waals surface area contributed by atoms with Gasteiger partial charge in [-0.1, -0.05) is 32.9 Å².